The Morgan fingerprint density at radius 2 is 1.86 bits per heavy atom. The molecule has 35 heavy (non-hydrogen) atoms. The van der Waals surface area contributed by atoms with Crippen LogP contribution in [0.4, 0.5) is 17.3 Å². The van der Waals surface area contributed by atoms with Crippen molar-refractivity contribution in [2.24, 2.45) is 0 Å². The number of aliphatic hydroxyl groups is 1. The molecular weight excluding hydrogens is 484 g/mol. The van der Waals surface area contributed by atoms with Crippen LogP contribution in [0.2, 0.25) is 5.02 Å². The van der Waals surface area contributed by atoms with Gasteiger partial charge in [0.25, 0.3) is 0 Å². The molecular formula is C25H31ClN6O2S. The van der Waals surface area contributed by atoms with E-state index in [1.807, 2.05) is 18.3 Å². The third kappa shape index (κ3) is 5.53. The molecule has 10 heteroatoms. The molecule has 3 aromatic rings. The Kier molecular flexibility index (Phi) is 7.38. The van der Waals surface area contributed by atoms with E-state index in [9.17, 15) is 5.11 Å². The van der Waals surface area contributed by atoms with Gasteiger partial charge in [-0.15, -0.1) is 11.3 Å². The van der Waals surface area contributed by atoms with Crippen molar-refractivity contribution in [1.82, 2.24) is 19.9 Å². The molecule has 2 aromatic heterocycles. The van der Waals surface area contributed by atoms with E-state index in [1.165, 1.54) is 0 Å². The lowest BCUT2D eigenvalue weighted by Gasteiger charge is -2.34. The number of methoxy groups -OCH3 is 1. The number of thiazole rings is 1. The lowest BCUT2D eigenvalue weighted by atomic mass is 9.88. The molecule has 0 atom stereocenters. The average molecular weight is 515 g/mol. The van der Waals surface area contributed by atoms with Gasteiger partial charge in [0.05, 0.1) is 40.0 Å². The zero-order chi connectivity index (χ0) is 24.4. The molecule has 186 valence electrons. The highest BCUT2D eigenvalue weighted by Crippen LogP contribution is 2.39. The number of nitrogens with one attached hydrogen (secondary N) is 1. The standard InChI is InChI=1S/C25H31ClN6O2S/c1-31-9-11-32(12-10-31)20-8-5-17(13-21(20)34-2)29-25-28-14-19(26)23(30-25)22-15-27-24(35-22)16-3-6-18(33)7-4-16/h5,8,13-16,18,33H,3-4,6-7,9-12H2,1-2H3,(H,28,29,30). The third-order valence-electron chi connectivity index (χ3n) is 6.83. The third-order valence-corrected chi connectivity index (χ3v) is 8.27. The first kappa shape index (κ1) is 24.2. The van der Waals surface area contributed by atoms with Crippen LogP contribution < -0.4 is 15.0 Å². The largest absolute Gasteiger partial charge is 0.495 e. The van der Waals surface area contributed by atoms with Crippen LogP contribution in [-0.4, -0.2) is 71.4 Å². The molecule has 0 bridgehead atoms. The molecule has 0 unspecified atom stereocenters. The zero-order valence-corrected chi connectivity index (χ0v) is 21.6. The van der Waals surface area contributed by atoms with Crippen molar-refractivity contribution in [2.45, 2.75) is 37.7 Å². The second-order valence-electron chi connectivity index (χ2n) is 9.26. The molecule has 2 fully saturated rings. The van der Waals surface area contributed by atoms with E-state index in [0.717, 1.165) is 78.9 Å². The fraction of sp³-hybridized carbons (Fsp3) is 0.480. The summed E-state index contributed by atoms with van der Waals surface area (Å²) in [6.45, 7) is 4.02. The Bertz CT molecular complexity index is 1160. The average Bonchev–Trinajstić information content (AvgIpc) is 3.36. The van der Waals surface area contributed by atoms with Crippen molar-refractivity contribution < 1.29 is 9.84 Å². The molecule has 5 rings (SSSR count). The number of benzene rings is 1. The number of ether oxygens (including phenoxy) is 1. The minimum atomic E-state index is -0.176. The summed E-state index contributed by atoms with van der Waals surface area (Å²) in [4.78, 5) is 19.4. The zero-order valence-electron chi connectivity index (χ0n) is 20.1. The second-order valence-corrected chi connectivity index (χ2v) is 10.7. The minimum absolute atomic E-state index is 0.176. The number of rotatable bonds is 6. The van der Waals surface area contributed by atoms with Crippen LogP contribution in [0.5, 0.6) is 5.75 Å². The molecule has 0 amide bonds. The summed E-state index contributed by atoms with van der Waals surface area (Å²) in [5, 5.41) is 14.7. The number of nitrogens with zero attached hydrogens (tertiary/aromatic N) is 5. The number of likely N-dealkylation sites (N-methyl/N-ethyl adjacent to an activating group) is 1. The Labute approximate surface area is 214 Å². The van der Waals surface area contributed by atoms with Crippen molar-refractivity contribution >= 4 is 40.3 Å². The molecule has 2 N–H and O–H groups in total. The number of aromatic nitrogens is 3. The maximum atomic E-state index is 9.80. The molecule has 0 spiro atoms. The first-order valence-electron chi connectivity index (χ1n) is 12.1. The minimum Gasteiger partial charge on any atom is -0.495 e. The number of piperazine rings is 1. The summed E-state index contributed by atoms with van der Waals surface area (Å²) in [5.74, 6) is 1.68. The Balaban J connectivity index is 1.33. The van der Waals surface area contributed by atoms with Crippen LogP contribution in [0.1, 0.15) is 36.6 Å². The Morgan fingerprint density at radius 3 is 2.60 bits per heavy atom. The van der Waals surface area contributed by atoms with Gasteiger partial charge < -0.3 is 25.0 Å². The summed E-state index contributed by atoms with van der Waals surface area (Å²) in [7, 11) is 3.85. The number of aliphatic hydroxyl groups excluding tert-OH is 1. The van der Waals surface area contributed by atoms with Crippen molar-refractivity contribution in [3.05, 3.63) is 40.6 Å². The monoisotopic (exact) mass is 514 g/mol. The summed E-state index contributed by atoms with van der Waals surface area (Å²) in [5.41, 5.74) is 2.61. The van der Waals surface area contributed by atoms with Gasteiger partial charge >= 0.3 is 0 Å². The molecule has 3 heterocycles. The molecule has 1 aliphatic heterocycles. The lowest BCUT2D eigenvalue weighted by Crippen LogP contribution is -2.44. The first-order valence-corrected chi connectivity index (χ1v) is 13.2. The smallest absolute Gasteiger partial charge is 0.227 e. The van der Waals surface area contributed by atoms with Crippen molar-refractivity contribution in [3.63, 3.8) is 0 Å². The molecule has 1 saturated heterocycles. The van der Waals surface area contributed by atoms with E-state index in [0.29, 0.717) is 22.6 Å². The summed E-state index contributed by atoms with van der Waals surface area (Å²) < 4.78 is 5.70. The number of anilines is 3. The quantitative estimate of drug-likeness (QED) is 0.486. The van der Waals surface area contributed by atoms with Gasteiger partial charge in [-0.05, 0) is 44.9 Å². The van der Waals surface area contributed by atoms with Crippen molar-refractivity contribution in [2.75, 3.05) is 50.6 Å². The highest BCUT2D eigenvalue weighted by molar-refractivity contribution is 7.15. The van der Waals surface area contributed by atoms with E-state index in [4.69, 9.17) is 21.3 Å². The van der Waals surface area contributed by atoms with E-state index >= 15 is 0 Å². The molecule has 1 aromatic carbocycles. The number of halogens is 1. The van der Waals surface area contributed by atoms with Gasteiger partial charge in [0.15, 0.2) is 0 Å². The lowest BCUT2D eigenvalue weighted by molar-refractivity contribution is 0.122. The van der Waals surface area contributed by atoms with Crippen LogP contribution >= 0.6 is 22.9 Å². The Morgan fingerprint density at radius 1 is 1.09 bits per heavy atom. The van der Waals surface area contributed by atoms with Crippen LogP contribution in [0, 0.1) is 0 Å². The van der Waals surface area contributed by atoms with Crippen molar-refractivity contribution in [3.8, 4) is 16.3 Å². The van der Waals surface area contributed by atoms with E-state index < -0.39 is 0 Å². The van der Waals surface area contributed by atoms with Gasteiger partial charge in [-0.3, -0.25) is 0 Å². The highest BCUT2D eigenvalue weighted by Gasteiger charge is 2.24. The van der Waals surface area contributed by atoms with Gasteiger partial charge in [-0.2, -0.15) is 0 Å². The van der Waals surface area contributed by atoms with Gasteiger partial charge in [0, 0.05) is 50.0 Å². The molecule has 8 nitrogen and oxygen atoms in total. The summed E-state index contributed by atoms with van der Waals surface area (Å²) in [6, 6.07) is 6.09. The van der Waals surface area contributed by atoms with Crippen LogP contribution in [0.15, 0.2) is 30.6 Å². The van der Waals surface area contributed by atoms with Crippen LogP contribution in [0.25, 0.3) is 10.6 Å². The summed E-state index contributed by atoms with van der Waals surface area (Å²) in [6.07, 6.45) is 6.88. The first-order chi connectivity index (χ1) is 17.0. The maximum absolute atomic E-state index is 9.80. The molecule has 0 radical (unpaired) electrons. The van der Waals surface area contributed by atoms with E-state index in [2.05, 4.69) is 38.2 Å². The van der Waals surface area contributed by atoms with Gasteiger partial charge in [0.1, 0.15) is 11.4 Å². The maximum Gasteiger partial charge on any atom is 0.227 e. The van der Waals surface area contributed by atoms with E-state index in [1.54, 1.807) is 24.6 Å². The van der Waals surface area contributed by atoms with Crippen LogP contribution in [0.3, 0.4) is 0 Å². The molecule has 2 aliphatic rings. The Hall–Kier alpha value is -2.46. The second kappa shape index (κ2) is 10.7. The SMILES string of the molecule is COc1cc(Nc2ncc(Cl)c(-c3cnc(C4CCC(O)CC4)s3)n2)ccc1N1CCN(C)CC1. The number of hydrogen-bond acceptors (Lipinski definition) is 9. The molecule has 1 aliphatic carbocycles. The van der Waals surface area contributed by atoms with E-state index in [-0.39, 0.29) is 6.10 Å². The highest BCUT2D eigenvalue weighted by atomic mass is 35.5. The predicted molar refractivity (Wildman–Crippen MR) is 141 cm³/mol. The summed E-state index contributed by atoms with van der Waals surface area (Å²) >= 11 is 8.10. The van der Waals surface area contributed by atoms with Crippen LogP contribution in [-0.2, 0) is 0 Å². The fourth-order valence-corrected chi connectivity index (χ4v) is 6.04. The van der Waals surface area contributed by atoms with Crippen molar-refractivity contribution in [1.29, 1.82) is 0 Å². The normalized spacial score (nSPS) is 21.2. The topological polar surface area (TPSA) is 86.6 Å². The fourth-order valence-electron chi connectivity index (χ4n) is 4.70. The molecule has 1 saturated carbocycles. The predicted octanol–water partition coefficient (Wildman–Crippen LogP) is 4.78. The van der Waals surface area contributed by atoms with Gasteiger partial charge in [0.2, 0.25) is 5.95 Å². The van der Waals surface area contributed by atoms with Gasteiger partial charge in [-0.1, -0.05) is 11.6 Å². The number of hydrogen-bond donors (Lipinski definition) is 2. The van der Waals surface area contributed by atoms with Gasteiger partial charge in [-0.25, -0.2) is 15.0 Å².